The third-order valence-corrected chi connectivity index (χ3v) is 4.52. The van der Waals surface area contributed by atoms with Gasteiger partial charge in [0.1, 0.15) is 0 Å². The number of aryl methyl sites for hydroxylation is 1. The van der Waals surface area contributed by atoms with Gasteiger partial charge in [-0.15, -0.1) is 0 Å². The first-order valence-electron chi connectivity index (χ1n) is 6.45. The van der Waals surface area contributed by atoms with E-state index in [0.717, 1.165) is 19.6 Å². The van der Waals surface area contributed by atoms with E-state index in [1.54, 1.807) is 0 Å². The molecular formula is C14H21BrN2. The molecule has 1 unspecified atom stereocenters. The SMILES string of the molecule is CCC1CN(c2cccc(C)c2Br)CCCN1. The number of rotatable bonds is 2. The largest absolute Gasteiger partial charge is 0.369 e. The summed E-state index contributed by atoms with van der Waals surface area (Å²) in [5.74, 6) is 0. The average Bonchev–Trinajstić information content (AvgIpc) is 2.58. The predicted octanol–water partition coefficient (Wildman–Crippen LogP) is 3.34. The molecule has 1 fully saturated rings. The minimum absolute atomic E-state index is 0.616. The monoisotopic (exact) mass is 296 g/mol. The van der Waals surface area contributed by atoms with Gasteiger partial charge in [-0.25, -0.2) is 0 Å². The molecule has 0 spiro atoms. The van der Waals surface area contributed by atoms with Gasteiger partial charge in [0.05, 0.1) is 5.69 Å². The van der Waals surface area contributed by atoms with Crippen LogP contribution in [0.15, 0.2) is 22.7 Å². The van der Waals surface area contributed by atoms with E-state index < -0.39 is 0 Å². The molecule has 0 radical (unpaired) electrons. The maximum atomic E-state index is 3.72. The minimum atomic E-state index is 0.616. The molecule has 0 amide bonds. The number of halogens is 1. The zero-order chi connectivity index (χ0) is 12.3. The van der Waals surface area contributed by atoms with E-state index in [9.17, 15) is 0 Å². The van der Waals surface area contributed by atoms with Crippen LogP contribution in [-0.4, -0.2) is 25.7 Å². The Labute approximate surface area is 113 Å². The fourth-order valence-corrected chi connectivity index (χ4v) is 2.88. The van der Waals surface area contributed by atoms with E-state index in [0.29, 0.717) is 6.04 Å². The van der Waals surface area contributed by atoms with Crippen LogP contribution >= 0.6 is 15.9 Å². The van der Waals surface area contributed by atoms with Gasteiger partial charge in [0.15, 0.2) is 0 Å². The molecule has 1 aliphatic rings. The molecule has 3 heteroatoms. The first-order valence-corrected chi connectivity index (χ1v) is 7.25. The second-order valence-electron chi connectivity index (χ2n) is 4.77. The topological polar surface area (TPSA) is 15.3 Å². The smallest absolute Gasteiger partial charge is 0.0513 e. The predicted molar refractivity (Wildman–Crippen MR) is 77.8 cm³/mol. The Kier molecular flexibility index (Phi) is 4.46. The Balaban J connectivity index is 2.22. The lowest BCUT2D eigenvalue weighted by molar-refractivity contribution is 0.528. The minimum Gasteiger partial charge on any atom is -0.369 e. The van der Waals surface area contributed by atoms with Crippen LogP contribution in [0.5, 0.6) is 0 Å². The zero-order valence-electron chi connectivity index (χ0n) is 10.7. The van der Waals surface area contributed by atoms with Crippen molar-refractivity contribution in [2.45, 2.75) is 32.7 Å². The fourth-order valence-electron chi connectivity index (χ4n) is 2.37. The Morgan fingerprint density at radius 3 is 3.06 bits per heavy atom. The summed E-state index contributed by atoms with van der Waals surface area (Å²) in [7, 11) is 0. The lowest BCUT2D eigenvalue weighted by atomic mass is 10.1. The quantitative estimate of drug-likeness (QED) is 0.900. The fraction of sp³-hybridized carbons (Fsp3) is 0.571. The lowest BCUT2D eigenvalue weighted by Crippen LogP contribution is -2.37. The third-order valence-electron chi connectivity index (χ3n) is 3.48. The van der Waals surface area contributed by atoms with Crippen LogP contribution in [0.3, 0.4) is 0 Å². The van der Waals surface area contributed by atoms with Gasteiger partial charge in [-0.1, -0.05) is 19.1 Å². The molecule has 1 atom stereocenters. The van der Waals surface area contributed by atoms with Gasteiger partial charge in [-0.2, -0.15) is 0 Å². The standard InChI is InChI=1S/C14H21BrN2/c1-3-12-10-17(9-5-8-16-12)13-7-4-6-11(2)14(13)15/h4,6-7,12,16H,3,5,8-10H2,1-2H3. The summed E-state index contributed by atoms with van der Waals surface area (Å²) in [6.07, 6.45) is 2.41. The molecule has 0 saturated carbocycles. The van der Waals surface area contributed by atoms with Crippen molar-refractivity contribution in [3.63, 3.8) is 0 Å². The van der Waals surface area contributed by atoms with Crippen molar-refractivity contribution < 1.29 is 0 Å². The van der Waals surface area contributed by atoms with Crippen molar-refractivity contribution in [2.24, 2.45) is 0 Å². The summed E-state index contributed by atoms with van der Waals surface area (Å²) in [5, 5.41) is 3.61. The molecule has 1 heterocycles. The maximum absolute atomic E-state index is 3.72. The van der Waals surface area contributed by atoms with Crippen LogP contribution in [0.2, 0.25) is 0 Å². The molecule has 0 bridgehead atoms. The van der Waals surface area contributed by atoms with Crippen LogP contribution in [0.25, 0.3) is 0 Å². The average molecular weight is 297 g/mol. The van der Waals surface area contributed by atoms with Crippen molar-refractivity contribution in [1.82, 2.24) is 5.32 Å². The molecule has 1 aromatic rings. The molecular weight excluding hydrogens is 276 g/mol. The van der Waals surface area contributed by atoms with E-state index in [1.165, 1.54) is 28.6 Å². The summed E-state index contributed by atoms with van der Waals surface area (Å²) < 4.78 is 1.25. The van der Waals surface area contributed by atoms with E-state index >= 15 is 0 Å². The van der Waals surface area contributed by atoms with Gasteiger partial charge in [0.2, 0.25) is 0 Å². The first-order chi connectivity index (χ1) is 8.22. The molecule has 2 rings (SSSR count). The number of benzene rings is 1. The van der Waals surface area contributed by atoms with Crippen molar-refractivity contribution in [1.29, 1.82) is 0 Å². The summed E-state index contributed by atoms with van der Waals surface area (Å²) >= 11 is 3.72. The Hall–Kier alpha value is -0.540. The van der Waals surface area contributed by atoms with E-state index in [4.69, 9.17) is 0 Å². The van der Waals surface area contributed by atoms with Gasteiger partial charge in [0.25, 0.3) is 0 Å². The highest BCUT2D eigenvalue weighted by molar-refractivity contribution is 9.10. The van der Waals surface area contributed by atoms with Crippen LogP contribution in [-0.2, 0) is 0 Å². The van der Waals surface area contributed by atoms with E-state index in [-0.39, 0.29) is 0 Å². The lowest BCUT2D eigenvalue weighted by Gasteiger charge is -2.27. The van der Waals surface area contributed by atoms with Crippen molar-refractivity contribution >= 4 is 21.6 Å². The van der Waals surface area contributed by atoms with Gasteiger partial charge in [-0.3, -0.25) is 0 Å². The Morgan fingerprint density at radius 2 is 2.29 bits per heavy atom. The summed E-state index contributed by atoms with van der Waals surface area (Å²) in [4.78, 5) is 2.51. The number of hydrogen-bond donors (Lipinski definition) is 1. The summed E-state index contributed by atoms with van der Waals surface area (Å²) in [6.45, 7) is 7.80. The number of nitrogens with one attached hydrogen (secondary N) is 1. The maximum Gasteiger partial charge on any atom is 0.0513 e. The van der Waals surface area contributed by atoms with Gasteiger partial charge < -0.3 is 10.2 Å². The molecule has 1 saturated heterocycles. The van der Waals surface area contributed by atoms with E-state index in [2.05, 4.69) is 58.2 Å². The van der Waals surface area contributed by atoms with Crippen molar-refractivity contribution in [3.05, 3.63) is 28.2 Å². The summed E-state index contributed by atoms with van der Waals surface area (Å²) in [6, 6.07) is 7.13. The highest BCUT2D eigenvalue weighted by Crippen LogP contribution is 2.30. The van der Waals surface area contributed by atoms with Gasteiger partial charge in [0, 0.05) is 23.6 Å². The van der Waals surface area contributed by atoms with Crippen LogP contribution in [0, 0.1) is 6.92 Å². The number of nitrogens with zero attached hydrogens (tertiary/aromatic N) is 1. The second-order valence-corrected chi connectivity index (χ2v) is 5.56. The number of hydrogen-bond acceptors (Lipinski definition) is 2. The molecule has 1 aliphatic heterocycles. The Morgan fingerprint density at radius 1 is 1.47 bits per heavy atom. The molecule has 2 nitrogen and oxygen atoms in total. The normalized spacial score (nSPS) is 21.4. The number of anilines is 1. The van der Waals surface area contributed by atoms with Crippen LogP contribution in [0.4, 0.5) is 5.69 Å². The van der Waals surface area contributed by atoms with Gasteiger partial charge in [-0.05, 0) is 53.9 Å². The summed E-state index contributed by atoms with van der Waals surface area (Å²) in [5.41, 5.74) is 2.65. The molecule has 0 aromatic heterocycles. The van der Waals surface area contributed by atoms with Crippen molar-refractivity contribution in [3.8, 4) is 0 Å². The van der Waals surface area contributed by atoms with Gasteiger partial charge >= 0.3 is 0 Å². The Bertz CT molecular complexity index is 378. The zero-order valence-corrected chi connectivity index (χ0v) is 12.3. The van der Waals surface area contributed by atoms with Crippen LogP contribution in [0.1, 0.15) is 25.3 Å². The van der Waals surface area contributed by atoms with E-state index in [1.807, 2.05) is 0 Å². The molecule has 1 N–H and O–H groups in total. The molecule has 94 valence electrons. The molecule has 17 heavy (non-hydrogen) atoms. The highest BCUT2D eigenvalue weighted by atomic mass is 79.9. The molecule has 1 aromatic carbocycles. The van der Waals surface area contributed by atoms with Crippen LogP contribution < -0.4 is 10.2 Å². The first kappa shape index (κ1) is 12.9. The third kappa shape index (κ3) is 3.02. The molecule has 0 aliphatic carbocycles. The second kappa shape index (κ2) is 5.87. The van der Waals surface area contributed by atoms with Crippen molar-refractivity contribution in [2.75, 3.05) is 24.5 Å². The highest BCUT2D eigenvalue weighted by Gasteiger charge is 2.18.